The Bertz CT molecular complexity index is 491. The van der Waals surface area contributed by atoms with Crippen LogP contribution in [0.4, 0.5) is 0 Å². The summed E-state index contributed by atoms with van der Waals surface area (Å²) in [7, 11) is -1.59. The van der Waals surface area contributed by atoms with Crippen molar-refractivity contribution in [3.63, 3.8) is 0 Å². The molecule has 3 nitrogen and oxygen atoms in total. The molecule has 0 aromatic heterocycles. The molecule has 0 aromatic carbocycles. The van der Waals surface area contributed by atoms with Crippen LogP contribution in [-0.4, -0.2) is 27.0 Å². The van der Waals surface area contributed by atoms with Crippen molar-refractivity contribution in [1.82, 2.24) is 0 Å². The summed E-state index contributed by atoms with van der Waals surface area (Å²) < 4.78 is 12.4. The smallest absolute Gasteiger partial charge is 0.305 e. The fraction of sp³-hybridized carbons (Fsp3) is 0.893. The molecule has 0 saturated carbocycles. The van der Waals surface area contributed by atoms with Crippen LogP contribution in [0.3, 0.4) is 0 Å². The number of carbonyl (C=O) groups is 1. The molecule has 1 unspecified atom stereocenters. The predicted molar refractivity (Wildman–Crippen MR) is 141 cm³/mol. The topological polar surface area (TPSA) is 35.5 Å². The van der Waals surface area contributed by atoms with Crippen molar-refractivity contribution in [2.24, 2.45) is 0 Å². The first kappa shape index (κ1) is 29.4. The quantitative estimate of drug-likeness (QED) is 0.230. The van der Waals surface area contributed by atoms with E-state index in [1.54, 1.807) is 0 Å². The van der Waals surface area contributed by atoms with Gasteiger partial charge < -0.3 is 9.16 Å². The van der Waals surface area contributed by atoms with E-state index < -0.39 is 8.32 Å². The van der Waals surface area contributed by atoms with Crippen LogP contribution in [-0.2, 0) is 14.0 Å². The van der Waals surface area contributed by atoms with E-state index >= 15 is 0 Å². The number of esters is 1. The summed E-state index contributed by atoms with van der Waals surface area (Å²) in [6, 6.07) is 3.69. The lowest BCUT2D eigenvalue weighted by Gasteiger charge is -2.34. The second-order valence-electron chi connectivity index (χ2n) is 9.94. The van der Waals surface area contributed by atoms with Crippen LogP contribution in [0.1, 0.15) is 130 Å². The minimum absolute atomic E-state index is 0.00446. The van der Waals surface area contributed by atoms with E-state index in [0.29, 0.717) is 19.1 Å². The molecule has 0 amide bonds. The zero-order valence-corrected chi connectivity index (χ0v) is 23.0. The van der Waals surface area contributed by atoms with Gasteiger partial charge >= 0.3 is 5.97 Å². The van der Waals surface area contributed by atoms with Gasteiger partial charge in [-0.2, -0.15) is 0 Å². The van der Waals surface area contributed by atoms with E-state index in [0.717, 1.165) is 19.3 Å². The molecule has 1 atom stereocenters. The second kappa shape index (κ2) is 18.8. The van der Waals surface area contributed by atoms with Gasteiger partial charge in [0.25, 0.3) is 0 Å². The number of carbonyl (C=O) groups excluding carboxylic acids is 1. The summed E-state index contributed by atoms with van der Waals surface area (Å²) in [5.74, 6) is 0.00446. The van der Waals surface area contributed by atoms with Gasteiger partial charge in [-0.15, -0.1) is 0 Å². The van der Waals surface area contributed by atoms with E-state index in [1.165, 1.54) is 101 Å². The van der Waals surface area contributed by atoms with Crippen molar-refractivity contribution in [2.75, 3.05) is 6.61 Å². The van der Waals surface area contributed by atoms with Gasteiger partial charge in [-0.1, -0.05) is 91.1 Å². The standard InChI is InChI=1S/C28H54O3Si/c1-5-32(6-2,7-3)31-27-23-19-15-11-12-16-20-24-28(29)30-25-21-17-13-9-8-10-14-18-22-26(27)4/h22,27H,5-21,23-25H2,1-4H3/b26-22+. The van der Waals surface area contributed by atoms with E-state index in [4.69, 9.17) is 9.16 Å². The number of hydrogen-bond acceptors (Lipinski definition) is 3. The lowest BCUT2D eigenvalue weighted by molar-refractivity contribution is -0.143. The fourth-order valence-electron chi connectivity index (χ4n) is 4.84. The van der Waals surface area contributed by atoms with Crippen LogP contribution in [0.25, 0.3) is 0 Å². The summed E-state index contributed by atoms with van der Waals surface area (Å²) in [5.41, 5.74) is 1.48. The third kappa shape index (κ3) is 13.2. The maximum absolute atomic E-state index is 11.8. The van der Waals surface area contributed by atoms with Gasteiger partial charge in [-0.05, 0) is 62.7 Å². The van der Waals surface area contributed by atoms with E-state index in [9.17, 15) is 4.79 Å². The fourth-order valence-corrected chi connectivity index (χ4v) is 7.74. The van der Waals surface area contributed by atoms with Crippen molar-refractivity contribution in [3.8, 4) is 0 Å². The normalized spacial score (nSPS) is 24.4. The molecule has 4 heteroatoms. The molecule has 0 spiro atoms. The highest BCUT2D eigenvalue weighted by atomic mass is 28.4. The number of rotatable bonds is 5. The van der Waals surface area contributed by atoms with Crippen molar-refractivity contribution in [1.29, 1.82) is 0 Å². The molecule has 0 fully saturated rings. The molecule has 0 radical (unpaired) electrons. The molecule has 0 N–H and O–H groups in total. The molecular formula is C28H54O3Si. The first-order chi connectivity index (χ1) is 15.6. The molecule has 0 bridgehead atoms. The van der Waals surface area contributed by atoms with Crippen molar-refractivity contribution < 1.29 is 14.0 Å². The minimum Gasteiger partial charge on any atom is -0.466 e. The van der Waals surface area contributed by atoms with Crippen LogP contribution >= 0.6 is 0 Å². The maximum Gasteiger partial charge on any atom is 0.305 e. The minimum atomic E-state index is -1.59. The predicted octanol–water partition coefficient (Wildman–Crippen LogP) is 9.12. The number of cyclic esters (lactones) is 1. The van der Waals surface area contributed by atoms with Gasteiger partial charge in [0, 0.05) is 6.42 Å². The molecule has 1 rings (SSSR count). The van der Waals surface area contributed by atoms with Crippen LogP contribution in [0.2, 0.25) is 18.1 Å². The van der Waals surface area contributed by atoms with Crippen LogP contribution in [0.15, 0.2) is 11.6 Å². The largest absolute Gasteiger partial charge is 0.466 e. The first-order valence-electron chi connectivity index (χ1n) is 14.1. The summed E-state index contributed by atoms with van der Waals surface area (Å²) in [6.07, 6.45) is 21.6. The molecule has 0 saturated heterocycles. The van der Waals surface area contributed by atoms with Gasteiger partial charge in [0.05, 0.1) is 12.7 Å². The van der Waals surface area contributed by atoms with Gasteiger partial charge in [0.2, 0.25) is 0 Å². The highest BCUT2D eigenvalue weighted by Gasteiger charge is 2.32. The van der Waals surface area contributed by atoms with E-state index in [1.807, 2.05) is 0 Å². The third-order valence-electron chi connectivity index (χ3n) is 7.51. The highest BCUT2D eigenvalue weighted by Crippen LogP contribution is 2.28. The van der Waals surface area contributed by atoms with Gasteiger partial charge in [0.1, 0.15) is 0 Å². The van der Waals surface area contributed by atoms with Gasteiger partial charge in [0.15, 0.2) is 8.32 Å². The van der Waals surface area contributed by atoms with E-state index in [2.05, 4.69) is 33.8 Å². The highest BCUT2D eigenvalue weighted by molar-refractivity contribution is 6.73. The Kier molecular flexibility index (Phi) is 17.3. The average molecular weight is 467 g/mol. The molecule has 0 aliphatic carbocycles. The lowest BCUT2D eigenvalue weighted by Crippen LogP contribution is -2.40. The lowest BCUT2D eigenvalue weighted by atomic mass is 10.0. The van der Waals surface area contributed by atoms with Crippen molar-refractivity contribution >= 4 is 14.3 Å². The summed E-state index contributed by atoms with van der Waals surface area (Å²) in [6.45, 7) is 9.95. The third-order valence-corrected chi connectivity index (χ3v) is 12.2. The first-order valence-corrected chi connectivity index (χ1v) is 16.6. The van der Waals surface area contributed by atoms with Gasteiger partial charge in [-0.3, -0.25) is 4.79 Å². The van der Waals surface area contributed by atoms with Crippen LogP contribution < -0.4 is 0 Å². The zero-order chi connectivity index (χ0) is 23.5. The monoisotopic (exact) mass is 466 g/mol. The Morgan fingerprint density at radius 3 is 1.97 bits per heavy atom. The van der Waals surface area contributed by atoms with E-state index in [-0.39, 0.29) is 5.97 Å². The van der Waals surface area contributed by atoms with Crippen LogP contribution in [0, 0.1) is 0 Å². The molecule has 1 heterocycles. The Labute approximate surface area is 201 Å². The summed E-state index contributed by atoms with van der Waals surface area (Å²) >= 11 is 0. The zero-order valence-electron chi connectivity index (χ0n) is 22.0. The molecule has 32 heavy (non-hydrogen) atoms. The summed E-state index contributed by atoms with van der Waals surface area (Å²) in [4.78, 5) is 11.8. The Morgan fingerprint density at radius 2 is 1.34 bits per heavy atom. The second-order valence-corrected chi connectivity index (χ2v) is 14.7. The maximum atomic E-state index is 11.8. The SMILES string of the molecule is CC[Si](CC)(CC)OC1CCCCCCCCC(=O)OCCCCCCCCC/C=C/1C. The molecular weight excluding hydrogens is 412 g/mol. The average Bonchev–Trinajstić information content (AvgIpc) is 2.80. The Hall–Kier alpha value is -0.613. The van der Waals surface area contributed by atoms with Gasteiger partial charge in [-0.25, -0.2) is 0 Å². The summed E-state index contributed by atoms with van der Waals surface area (Å²) in [5, 5.41) is 0. The Balaban J connectivity index is 2.63. The Morgan fingerprint density at radius 1 is 0.812 bits per heavy atom. The molecule has 1 aliphatic rings. The molecule has 1 aliphatic heterocycles. The number of hydrogen-bond donors (Lipinski definition) is 0. The molecule has 0 aromatic rings. The number of ether oxygens (including phenoxy) is 1. The van der Waals surface area contributed by atoms with Crippen LogP contribution in [0.5, 0.6) is 0 Å². The van der Waals surface area contributed by atoms with Crippen molar-refractivity contribution in [2.45, 2.75) is 155 Å². The number of allylic oxidation sites excluding steroid dienone is 1. The van der Waals surface area contributed by atoms with Crippen molar-refractivity contribution in [3.05, 3.63) is 11.6 Å². The molecule has 188 valence electrons.